The summed E-state index contributed by atoms with van der Waals surface area (Å²) < 4.78 is 50.1. The summed E-state index contributed by atoms with van der Waals surface area (Å²) in [4.78, 5) is 30.8. The number of hydrogen-bond donors (Lipinski definition) is 0. The van der Waals surface area contributed by atoms with Gasteiger partial charge in [-0.3, -0.25) is 9.59 Å². The largest absolute Gasteiger partial charge is 0.465 e. The normalized spacial score (nSPS) is 22.8. The molecule has 3 aromatic rings. The van der Waals surface area contributed by atoms with Crippen LogP contribution in [-0.4, -0.2) is 56.5 Å². The van der Waals surface area contributed by atoms with Gasteiger partial charge in [0.1, 0.15) is 18.1 Å². The predicted octanol–water partition coefficient (Wildman–Crippen LogP) is 5.41. The van der Waals surface area contributed by atoms with E-state index in [2.05, 4.69) is 17.0 Å². The molecule has 1 aliphatic carbocycles. The predicted molar refractivity (Wildman–Crippen MR) is 135 cm³/mol. The summed E-state index contributed by atoms with van der Waals surface area (Å²) in [6.45, 7) is 5.44. The second kappa shape index (κ2) is 10.0. The Morgan fingerprint density at radius 2 is 1.95 bits per heavy atom. The number of ether oxygens (including phenoxy) is 1. The van der Waals surface area contributed by atoms with Crippen LogP contribution in [0.15, 0.2) is 30.3 Å². The number of rotatable bonds is 6. The molecule has 2 fully saturated rings. The van der Waals surface area contributed by atoms with Gasteiger partial charge in [0, 0.05) is 36.8 Å². The van der Waals surface area contributed by atoms with E-state index >= 15 is 4.39 Å². The van der Waals surface area contributed by atoms with Crippen molar-refractivity contribution in [3.63, 3.8) is 0 Å². The van der Waals surface area contributed by atoms with Gasteiger partial charge in [0.05, 0.1) is 17.5 Å². The zero-order chi connectivity index (χ0) is 27.2. The lowest BCUT2D eigenvalue weighted by Gasteiger charge is -2.27. The number of alkyl halides is 2. The molecule has 3 atom stereocenters. The van der Waals surface area contributed by atoms with Gasteiger partial charge in [0.25, 0.3) is 11.8 Å². The number of aromatic nitrogens is 3. The summed E-state index contributed by atoms with van der Waals surface area (Å²) in [6.07, 6.45) is 4.69. The molecule has 202 valence electrons. The maximum absolute atomic E-state index is 15.2. The van der Waals surface area contributed by atoms with E-state index in [0.717, 1.165) is 44.4 Å². The Balaban J connectivity index is 1.43. The maximum Gasteiger partial charge on any atom is 0.302 e. The molecule has 38 heavy (non-hydrogen) atoms. The first kappa shape index (κ1) is 26.2. The van der Waals surface area contributed by atoms with Gasteiger partial charge in [-0.25, -0.2) is 22.7 Å². The molecule has 1 saturated carbocycles. The summed E-state index contributed by atoms with van der Waals surface area (Å²) in [5, 5.41) is 4.52. The molecule has 2 aliphatic rings. The van der Waals surface area contributed by atoms with Gasteiger partial charge < -0.3 is 9.64 Å². The highest BCUT2D eigenvalue weighted by Gasteiger charge is 2.69. The van der Waals surface area contributed by atoms with E-state index in [9.17, 15) is 18.4 Å². The Bertz CT molecular complexity index is 1390. The first-order valence-electron chi connectivity index (χ1n) is 13.1. The fourth-order valence-electron chi connectivity index (χ4n) is 5.45. The van der Waals surface area contributed by atoms with Crippen LogP contribution in [0.2, 0.25) is 0 Å². The zero-order valence-corrected chi connectivity index (χ0v) is 21.7. The molecule has 0 N–H and O–H groups in total. The molecule has 1 aromatic carbocycles. The lowest BCUT2D eigenvalue weighted by atomic mass is 10.0. The van der Waals surface area contributed by atoms with Crippen LogP contribution in [-0.2, 0) is 16.0 Å². The Hall–Kier alpha value is -3.43. The van der Waals surface area contributed by atoms with Crippen LogP contribution in [0.1, 0.15) is 74.1 Å². The standard InChI is InChI=1S/C28H31F3N4O3/c1-4-19-13-24(27(37)34-11-7-5-6-8-16(34)2)32-25-14-23(33-35(19)25)20-10-9-18(12-22(20)29)26-21(28(26,30)31)15-38-17(3)36/h9-10,12-14,16,21,26H,4-8,11,15H2,1-3H3/t16-,21?,26?/m1/s1. The molecule has 2 unspecified atom stereocenters. The SMILES string of the molecule is CCc1cc(C(=O)N2CCCCC[C@H]2C)nc2cc(-c3ccc(C4C(COC(C)=O)C4(F)F)cc3F)nn12. The number of benzene rings is 1. The third-order valence-electron chi connectivity index (χ3n) is 7.69. The average molecular weight is 529 g/mol. The van der Waals surface area contributed by atoms with Crippen molar-refractivity contribution in [2.45, 2.75) is 70.8 Å². The van der Waals surface area contributed by atoms with Gasteiger partial charge in [-0.1, -0.05) is 25.8 Å². The van der Waals surface area contributed by atoms with Gasteiger partial charge in [0.2, 0.25) is 0 Å². The van der Waals surface area contributed by atoms with Crippen LogP contribution >= 0.6 is 0 Å². The van der Waals surface area contributed by atoms with Crippen LogP contribution in [0.5, 0.6) is 0 Å². The smallest absolute Gasteiger partial charge is 0.302 e. The molecule has 0 bridgehead atoms. The highest BCUT2D eigenvalue weighted by molar-refractivity contribution is 5.93. The van der Waals surface area contributed by atoms with Crippen molar-refractivity contribution < 1.29 is 27.5 Å². The number of nitrogens with zero attached hydrogens (tertiary/aromatic N) is 4. The zero-order valence-electron chi connectivity index (χ0n) is 21.7. The summed E-state index contributed by atoms with van der Waals surface area (Å²) in [6, 6.07) is 7.46. The van der Waals surface area contributed by atoms with Crippen LogP contribution in [0, 0.1) is 11.7 Å². The Labute approximate surface area is 219 Å². The minimum Gasteiger partial charge on any atom is -0.465 e. The Morgan fingerprint density at radius 3 is 2.66 bits per heavy atom. The molecule has 1 saturated heterocycles. The van der Waals surface area contributed by atoms with Gasteiger partial charge in [-0.2, -0.15) is 5.10 Å². The van der Waals surface area contributed by atoms with Crippen LogP contribution in [0.3, 0.4) is 0 Å². The average Bonchev–Trinajstić information content (AvgIpc) is 3.28. The molecular weight excluding hydrogens is 497 g/mol. The number of carbonyl (C=O) groups is 2. The number of aryl methyl sites for hydroxylation is 1. The molecular formula is C28H31F3N4O3. The summed E-state index contributed by atoms with van der Waals surface area (Å²) in [5.74, 6) is -6.90. The maximum atomic E-state index is 15.2. The Morgan fingerprint density at radius 1 is 1.16 bits per heavy atom. The van der Waals surface area contributed by atoms with Crippen molar-refractivity contribution in [3.05, 3.63) is 53.1 Å². The second-order valence-electron chi connectivity index (χ2n) is 10.3. The lowest BCUT2D eigenvalue weighted by Crippen LogP contribution is -2.38. The summed E-state index contributed by atoms with van der Waals surface area (Å²) >= 11 is 0. The minimum absolute atomic E-state index is 0.122. The highest BCUT2D eigenvalue weighted by Crippen LogP contribution is 2.61. The van der Waals surface area contributed by atoms with E-state index < -0.39 is 36.2 Å². The molecule has 2 aromatic heterocycles. The number of fused-ring (bicyclic) bond motifs is 1. The molecule has 3 heterocycles. The first-order valence-corrected chi connectivity index (χ1v) is 13.1. The number of amides is 1. The van der Waals surface area contributed by atoms with Crippen molar-refractivity contribution in [2.75, 3.05) is 13.2 Å². The van der Waals surface area contributed by atoms with E-state index in [0.29, 0.717) is 30.0 Å². The Kier molecular flexibility index (Phi) is 6.92. The molecule has 0 spiro atoms. The van der Waals surface area contributed by atoms with Gasteiger partial charge in [-0.15, -0.1) is 0 Å². The molecule has 0 radical (unpaired) electrons. The van der Waals surface area contributed by atoms with E-state index in [4.69, 9.17) is 4.74 Å². The monoisotopic (exact) mass is 528 g/mol. The van der Waals surface area contributed by atoms with Gasteiger partial charge >= 0.3 is 5.97 Å². The molecule has 7 nitrogen and oxygen atoms in total. The third kappa shape index (κ3) is 4.76. The lowest BCUT2D eigenvalue weighted by molar-refractivity contribution is -0.142. The van der Waals surface area contributed by atoms with Crippen LogP contribution < -0.4 is 0 Å². The summed E-state index contributed by atoms with van der Waals surface area (Å²) in [5.41, 5.74) is 2.10. The van der Waals surface area contributed by atoms with E-state index in [1.807, 2.05) is 11.8 Å². The number of halogens is 3. The first-order chi connectivity index (χ1) is 18.1. The van der Waals surface area contributed by atoms with Crippen molar-refractivity contribution in [3.8, 4) is 11.3 Å². The molecule has 1 amide bonds. The fourth-order valence-corrected chi connectivity index (χ4v) is 5.45. The van der Waals surface area contributed by atoms with Crippen molar-refractivity contribution >= 4 is 17.5 Å². The van der Waals surface area contributed by atoms with Gasteiger partial charge in [-0.05, 0) is 49.9 Å². The van der Waals surface area contributed by atoms with Crippen molar-refractivity contribution in [1.82, 2.24) is 19.5 Å². The van der Waals surface area contributed by atoms with Crippen LogP contribution in [0.25, 0.3) is 16.9 Å². The van der Waals surface area contributed by atoms with Crippen molar-refractivity contribution in [2.24, 2.45) is 5.92 Å². The second-order valence-corrected chi connectivity index (χ2v) is 10.3. The minimum atomic E-state index is -3.07. The van der Waals surface area contributed by atoms with E-state index in [-0.39, 0.29) is 23.1 Å². The number of likely N-dealkylation sites (tertiary alicyclic amines) is 1. The quantitative estimate of drug-likeness (QED) is 0.400. The third-order valence-corrected chi connectivity index (χ3v) is 7.69. The van der Waals surface area contributed by atoms with Crippen molar-refractivity contribution in [1.29, 1.82) is 0 Å². The molecule has 1 aliphatic heterocycles. The summed E-state index contributed by atoms with van der Waals surface area (Å²) in [7, 11) is 0. The number of hydrogen-bond acceptors (Lipinski definition) is 5. The number of esters is 1. The number of carbonyl (C=O) groups excluding carboxylic acids is 2. The molecule has 5 rings (SSSR count). The molecule has 10 heteroatoms. The van der Waals surface area contributed by atoms with Crippen LogP contribution in [0.4, 0.5) is 13.2 Å². The van der Waals surface area contributed by atoms with E-state index in [1.165, 1.54) is 12.1 Å². The van der Waals surface area contributed by atoms with Gasteiger partial charge in [0.15, 0.2) is 5.65 Å². The topological polar surface area (TPSA) is 76.8 Å². The fraction of sp³-hybridized carbons (Fsp3) is 0.500. The highest BCUT2D eigenvalue weighted by atomic mass is 19.3. The van der Waals surface area contributed by atoms with E-state index in [1.54, 1.807) is 16.6 Å².